The van der Waals surface area contributed by atoms with Crippen LogP contribution in [0.5, 0.6) is 0 Å². The molecule has 1 atom stereocenters. The zero-order chi connectivity index (χ0) is 16.7. The molecule has 1 aromatic heterocycles. The van der Waals surface area contributed by atoms with Crippen molar-refractivity contribution in [3.63, 3.8) is 0 Å². The molecular formula is C19H17N3O2. The van der Waals surface area contributed by atoms with Crippen molar-refractivity contribution in [1.82, 2.24) is 14.8 Å². The van der Waals surface area contributed by atoms with Gasteiger partial charge in [0.15, 0.2) is 11.6 Å². The number of hydrogen-bond acceptors (Lipinski definition) is 4. The maximum absolute atomic E-state index is 12.2. The quantitative estimate of drug-likeness (QED) is 0.799. The van der Waals surface area contributed by atoms with Crippen molar-refractivity contribution < 1.29 is 9.53 Å². The Balaban J connectivity index is 1.85. The number of methoxy groups -OCH3 is 1. The Morgan fingerprint density at radius 1 is 1.29 bits per heavy atom. The van der Waals surface area contributed by atoms with Crippen LogP contribution < -0.4 is 0 Å². The molecule has 24 heavy (non-hydrogen) atoms. The van der Waals surface area contributed by atoms with Crippen LogP contribution in [0.25, 0.3) is 17.0 Å². The van der Waals surface area contributed by atoms with Crippen molar-refractivity contribution in [2.24, 2.45) is 5.92 Å². The molecule has 2 aliphatic rings. The monoisotopic (exact) mass is 319 g/mol. The molecule has 0 spiro atoms. The molecule has 1 aromatic carbocycles. The molecule has 0 amide bonds. The summed E-state index contributed by atoms with van der Waals surface area (Å²) in [5, 5.41) is 4.60. The summed E-state index contributed by atoms with van der Waals surface area (Å²) in [4.78, 5) is 16.9. The summed E-state index contributed by atoms with van der Waals surface area (Å²) in [5.41, 5.74) is 3.41. The molecule has 5 heteroatoms. The number of ether oxygens (including phenoxy) is 1. The largest absolute Gasteiger partial charge is 0.466 e. The third-order valence-electron chi connectivity index (χ3n) is 4.30. The van der Waals surface area contributed by atoms with Crippen molar-refractivity contribution in [1.29, 1.82) is 0 Å². The lowest BCUT2D eigenvalue weighted by Crippen LogP contribution is -2.22. The number of esters is 1. The first-order valence-corrected chi connectivity index (χ1v) is 7.90. The number of rotatable bonds is 2. The van der Waals surface area contributed by atoms with Crippen molar-refractivity contribution >= 4 is 11.5 Å². The normalized spacial score (nSPS) is 18.8. The van der Waals surface area contributed by atoms with Gasteiger partial charge in [0.05, 0.1) is 19.2 Å². The van der Waals surface area contributed by atoms with Crippen LogP contribution in [-0.2, 0) is 16.1 Å². The minimum Gasteiger partial charge on any atom is -0.466 e. The van der Waals surface area contributed by atoms with E-state index in [9.17, 15) is 4.79 Å². The van der Waals surface area contributed by atoms with Crippen LogP contribution in [0.1, 0.15) is 12.7 Å². The second kappa shape index (κ2) is 5.60. The van der Waals surface area contributed by atoms with Gasteiger partial charge < -0.3 is 4.74 Å². The van der Waals surface area contributed by atoms with Gasteiger partial charge in [0.25, 0.3) is 0 Å². The van der Waals surface area contributed by atoms with Crippen LogP contribution >= 0.6 is 0 Å². The van der Waals surface area contributed by atoms with Gasteiger partial charge >= 0.3 is 5.97 Å². The SMILES string of the molecule is COC(=O)C1=C2C=CC(C)C=C2c2nc(-c3ccccc3)nn2C1. The molecule has 0 fully saturated rings. The topological polar surface area (TPSA) is 57.0 Å². The number of nitrogens with zero attached hydrogens (tertiary/aromatic N) is 3. The average molecular weight is 319 g/mol. The van der Waals surface area contributed by atoms with Gasteiger partial charge in [-0.05, 0) is 11.5 Å². The van der Waals surface area contributed by atoms with Crippen LogP contribution in [0.2, 0.25) is 0 Å². The van der Waals surface area contributed by atoms with E-state index in [2.05, 4.69) is 24.2 Å². The zero-order valence-corrected chi connectivity index (χ0v) is 13.6. The third kappa shape index (κ3) is 2.29. The number of fused-ring (bicyclic) bond motifs is 3. The van der Waals surface area contributed by atoms with E-state index in [1.54, 1.807) is 4.68 Å². The van der Waals surface area contributed by atoms with Crippen LogP contribution in [-0.4, -0.2) is 27.8 Å². The van der Waals surface area contributed by atoms with Gasteiger partial charge in [-0.15, -0.1) is 0 Å². The summed E-state index contributed by atoms with van der Waals surface area (Å²) < 4.78 is 6.74. The summed E-state index contributed by atoms with van der Waals surface area (Å²) in [6.07, 6.45) is 6.19. The van der Waals surface area contributed by atoms with Crippen molar-refractivity contribution in [3.05, 3.63) is 65.5 Å². The van der Waals surface area contributed by atoms with E-state index in [4.69, 9.17) is 9.72 Å². The van der Waals surface area contributed by atoms with Gasteiger partial charge in [0, 0.05) is 11.1 Å². The lowest BCUT2D eigenvalue weighted by molar-refractivity contribution is -0.136. The first-order chi connectivity index (χ1) is 11.7. The molecule has 120 valence electrons. The summed E-state index contributed by atoms with van der Waals surface area (Å²) in [5.74, 6) is 1.43. The molecule has 0 N–H and O–H groups in total. The highest BCUT2D eigenvalue weighted by molar-refractivity contribution is 5.98. The number of carbonyl (C=O) groups is 1. The summed E-state index contributed by atoms with van der Waals surface area (Å²) in [6.45, 7) is 2.47. The van der Waals surface area contributed by atoms with Gasteiger partial charge in [-0.25, -0.2) is 14.5 Å². The average Bonchev–Trinajstić information content (AvgIpc) is 3.05. The predicted octanol–water partition coefficient (Wildman–Crippen LogP) is 3.02. The second-order valence-electron chi connectivity index (χ2n) is 5.97. The second-order valence-corrected chi connectivity index (χ2v) is 5.97. The number of hydrogen-bond donors (Lipinski definition) is 0. The van der Waals surface area contributed by atoms with Gasteiger partial charge in [-0.2, -0.15) is 5.10 Å². The third-order valence-corrected chi connectivity index (χ3v) is 4.30. The van der Waals surface area contributed by atoms with Crippen LogP contribution in [0.3, 0.4) is 0 Å². The molecule has 0 bridgehead atoms. The first-order valence-electron chi connectivity index (χ1n) is 7.90. The number of benzene rings is 1. The molecule has 4 rings (SSSR count). The Morgan fingerprint density at radius 2 is 2.08 bits per heavy atom. The van der Waals surface area contributed by atoms with Crippen molar-refractivity contribution in [2.75, 3.05) is 7.11 Å². The molecule has 0 saturated carbocycles. The van der Waals surface area contributed by atoms with E-state index in [1.165, 1.54) is 7.11 Å². The molecule has 0 radical (unpaired) electrons. The molecule has 2 aromatic rings. The molecule has 1 aliphatic heterocycles. The van der Waals surface area contributed by atoms with Crippen molar-refractivity contribution in [3.8, 4) is 11.4 Å². The molecule has 0 saturated heterocycles. The van der Waals surface area contributed by atoms with Crippen LogP contribution in [0, 0.1) is 5.92 Å². The maximum atomic E-state index is 12.2. The van der Waals surface area contributed by atoms with Gasteiger partial charge in [-0.1, -0.05) is 55.5 Å². The summed E-state index contributed by atoms with van der Waals surface area (Å²) in [6, 6.07) is 9.85. The highest BCUT2D eigenvalue weighted by Crippen LogP contribution is 2.36. The van der Waals surface area contributed by atoms with E-state index in [0.717, 1.165) is 22.5 Å². The predicted molar refractivity (Wildman–Crippen MR) is 90.8 cm³/mol. The standard InChI is InChI=1S/C19H17N3O2/c1-12-8-9-14-15(10-12)18-20-17(13-6-4-3-5-7-13)21-22(18)11-16(14)19(23)24-2/h3-10,12H,11H2,1-2H3. The fraction of sp³-hybridized carbons (Fsp3) is 0.211. The van der Waals surface area contributed by atoms with E-state index in [1.807, 2.05) is 36.4 Å². The van der Waals surface area contributed by atoms with Crippen LogP contribution in [0.15, 0.2) is 59.7 Å². The Bertz CT molecular complexity index is 904. The molecule has 2 heterocycles. The fourth-order valence-electron chi connectivity index (χ4n) is 3.10. The summed E-state index contributed by atoms with van der Waals surface area (Å²) in [7, 11) is 1.40. The Kier molecular flexibility index (Phi) is 3.41. The molecule has 5 nitrogen and oxygen atoms in total. The van der Waals surface area contributed by atoms with E-state index >= 15 is 0 Å². The lowest BCUT2D eigenvalue weighted by Gasteiger charge is -2.23. The Labute approximate surface area is 140 Å². The molecular weight excluding hydrogens is 302 g/mol. The van der Waals surface area contributed by atoms with Gasteiger partial charge in [-0.3, -0.25) is 0 Å². The highest BCUT2D eigenvalue weighted by Gasteiger charge is 2.30. The lowest BCUT2D eigenvalue weighted by atomic mass is 9.88. The first kappa shape index (κ1) is 14.6. The molecule has 1 unspecified atom stereocenters. The fourth-order valence-corrected chi connectivity index (χ4v) is 3.10. The van der Waals surface area contributed by atoms with Crippen LogP contribution in [0.4, 0.5) is 0 Å². The number of allylic oxidation sites excluding steroid dienone is 5. The van der Waals surface area contributed by atoms with E-state index in [0.29, 0.717) is 17.9 Å². The Hall–Kier alpha value is -2.95. The highest BCUT2D eigenvalue weighted by atomic mass is 16.5. The van der Waals surface area contributed by atoms with Crippen molar-refractivity contribution in [2.45, 2.75) is 13.5 Å². The number of carbonyl (C=O) groups excluding carboxylic acids is 1. The number of aromatic nitrogens is 3. The summed E-state index contributed by atoms with van der Waals surface area (Å²) >= 11 is 0. The minimum absolute atomic E-state index is 0.283. The van der Waals surface area contributed by atoms with Gasteiger partial charge in [0.1, 0.15) is 0 Å². The maximum Gasteiger partial charge on any atom is 0.336 e. The van der Waals surface area contributed by atoms with E-state index in [-0.39, 0.29) is 11.9 Å². The smallest absolute Gasteiger partial charge is 0.336 e. The van der Waals surface area contributed by atoms with Gasteiger partial charge in [0.2, 0.25) is 0 Å². The van der Waals surface area contributed by atoms with E-state index < -0.39 is 0 Å². The molecule has 1 aliphatic carbocycles. The Morgan fingerprint density at radius 3 is 2.83 bits per heavy atom. The zero-order valence-electron chi connectivity index (χ0n) is 13.6. The minimum atomic E-state index is -0.322.